The number of carbonyl (C=O) groups excluding carboxylic acids is 1. The molecule has 14 heteroatoms. The minimum absolute atomic E-state index is 0.0253. The first-order valence-corrected chi connectivity index (χ1v) is 12.4. The molecule has 182 valence electrons. The van der Waals surface area contributed by atoms with Crippen LogP contribution in [-0.2, 0) is 5.75 Å². The number of hydrogen-bond donors (Lipinski definition) is 2. The van der Waals surface area contributed by atoms with Gasteiger partial charge in [-0.05, 0) is 40.1 Å². The predicted octanol–water partition coefficient (Wildman–Crippen LogP) is 2.96. The van der Waals surface area contributed by atoms with E-state index in [4.69, 9.17) is 10.4 Å². The van der Waals surface area contributed by atoms with Crippen LogP contribution in [0.3, 0.4) is 0 Å². The maximum absolute atomic E-state index is 13.0. The van der Waals surface area contributed by atoms with E-state index in [1.54, 1.807) is 17.6 Å². The molecule has 2 aromatic carbocycles. The van der Waals surface area contributed by atoms with Crippen molar-refractivity contribution in [3.05, 3.63) is 65.5 Å². The van der Waals surface area contributed by atoms with E-state index in [1.165, 1.54) is 16.4 Å². The fraction of sp³-hybridized carbons (Fsp3) is 0.136. The highest BCUT2D eigenvalue weighted by atomic mass is 32.2. The van der Waals surface area contributed by atoms with Gasteiger partial charge in [0.05, 0.1) is 22.1 Å². The second kappa shape index (κ2) is 10.1. The van der Waals surface area contributed by atoms with Crippen LogP contribution in [0.15, 0.2) is 62.6 Å². The summed E-state index contributed by atoms with van der Waals surface area (Å²) in [5, 5.41) is 19.6. The van der Waals surface area contributed by atoms with Crippen molar-refractivity contribution >= 4 is 56.9 Å². The number of nitrogens with zero attached hydrogens (tertiary/aromatic N) is 8. The number of thioether (sulfide) groups is 1. The van der Waals surface area contributed by atoms with Gasteiger partial charge in [-0.15, -0.1) is 16.4 Å². The van der Waals surface area contributed by atoms with E-state index >= 15 is 0 Å². The number of nitrogens with one attached hydrogen (secondary N) is 1. The number of carbonyl (C=O) groups is 1. The van der Waals surface area contributed by atoms with Gasteiger partial charge in [-0.2, -0.15) is 9.78 Å². The van der Waals surface area contributed by atoms with Crippen LogP contribution in [0.1, 0.15) is 21.7 Å². The molecule has 5 rings (SSSR count). The third-order valence-electron chi connectivity index (χ3n) is 5.07. The minimum atomic E-state index is -0.530. The van der Waals surface area contributed by atoms with Crippen LogP contribution >= 0.6 is 23.1 Å². The molecule has 5 aromatic rings. The molecule has 3 heterocycles. The Morgan fingerprint density at radius 1 is 1.22 bits per heavy atom. The van der Waals surface area contributed by atoms with E-state index in [2.05, 4.69) is 36.1 Å². The molecule has 0 saturated heterocycles. The molecule has 0 radical (unpaired) electrons. The van der Waals surface area contributed by atoms with Crippen LogP contribution in [-0.4, -0.2) is 56.5 Å². The van der Waals surface area contributed by atoms with Crippen molar-refractivity contribution in [1.29, 1.82) is 0 Å². The number of thiazole rings is 1. The minimum Gasteiger partial charge on any atom is -0.378 e. The Morgan fingerprint density at radius 2 is 2.03 bits per heavy atom. The fourth-order valence-corrected chi connectivity index (χ4v) is 5.30. The summed E-state index contributed by atoms with van der Waals surface area (Å²) in [5.41, 5.74) is 11.7. The van der Waals surface area contributed by atoms with Crippen molar-refractivity contribution < 1.29 is 9.42 Å². The number of nitrogens with two attached hydrogens (primary N) is 1. The second-order valence-corrected chi connectivity index (χ2v) is 9.94. The molecular weight excluding hydrogens is 500 g/mol. The molecule has 0 unspecified atom stereocenters. The summed E-state index contributed by atoms with van der Waals surface area (Å²) in [4.78, 5) is 19.6. The summed E-state index contributed by atoms with van der Waals surface area (Å²) >= 11 is 3.00. The zero-order valence-corrected chi connectivity index (χ0v) is 20.8. The van der Waals surface area contributed by atoms with Crippen molar-refractivity contribution in [2.24, 2.45) is 5.10 Å². The van der Waals surface area contributed by atoms with Crippen LogP contribution in [0.5, 0.6) is 0 Å². The number of rotatable bonds is 8. The first kappa shape index (κ1) is 23.4. The van der Waals surface area contributed by atoms with E-state index in [0.29, 0.717) is 11.4 Å². The number of hydrazone groups is 1. The molecule has 3 N–H and O–H groups in total. The smallest absolute Gasteiger partial charge is 0.293 e. The van der Waals surface area contributed by atoms with Gasteiger partial charge in [-0.1, -0.05) is 41.2 Å². The first-order chi connectivity index (χ1) is 17.5. The summed E-state index contributed by atoms with van der Waals surface area (Å²) in [6.07, 6.45) is 1.55. The first-order valence-electron chi connectivity index (χ1n) is 10.6. The normalized spacial score (nSPS) is 11.4. The van der Waals surface area contributed by atoms with Gasteiger partial charge in [0.15, 0.2) is 10.0 Å². The van der Waals surface area contributed by atoms with Gasteiger partial charge in [0.2, 0.25) is 11.6 Å². The monoisotopic (exact) mass is 520 g/mol. The summed E-state index contributed by atoms with van der Waals surface area (Å²) in [6.45, 7) is 0. The number of fused-ring (bicyclic) bond motifs is 1. The summed E-state index contributed by atoms with van der Waals surface area (Å²) in [7, 11) is 3.93. The molecule has 36 heavy (non-hydrogen) atoms. The summed E-state index contributed by atoms with van der Waals surface area (Å²) in [6, 6.07) is 15.6. The predicted molar refractivity (Wildman–Crippen MR) is 139 cm³/mol. The maximum atomic E-state index is 13.0. The third-order valence-corrected chi connectivity index (χ3v) is 7.26. The molecule has 0 aliphatic rings. The van der Waals surface area contributed by atoms with Gasteiger partial charge in [0.25, 0.3) is 5.91 Å². The Bertz CT molecular complexity index is 1510. The molecular formula is C22H20N10O2S2. The van der Waals surface area contributed by atoms with Crippen LogP contribution < -0.4 is 16.1 Å². The Balaban J connectivity index is 1.37. The standard InChI is InChI=1S/C22H20N10O2S2/c1-31(2)14-9-7-13(8-10-14)11-24-27-21(33)18-16(32(30-26-18)20-19(23)28-34-29-20)12-35-22-25-15-5-3-4-6-17(15)36-22/h3-11H,12H2,1-2H3,(H2,23,28)(H,27,33). The summed E-state index contributed by atoms with van der Waals surface area (Å²) < 4.78 is 7.95. The average molecular weight is 521 g/mol. The van der Waals surface area contributed by atoms with Crippen molar-refractivity contribution in [3.8, 4) is 5.82 Å². The molecule has 0 atom stereocenters. The van der Waals surface area contributed by atoms with Crippen molar-refractivity contribution in [2.45, 2.75) is 10.1 Å². The van der Waals surface area contributed by atoms with E-state index in [0.717, 1.165) is 25.8 Å². The van der Waals surface area contributed by atoms with Crippen LogP contribution in [0, 0.1) is 0 Å². The largest absolute Gasteiger partial charge is 0.378 e. The number of amides is 1. The topological polar surface area (TPSA) is 153 Å². The molecule has 12 nitrogen and oxygen atoms in total. The van der Waals surface area contributed by atoms with Gasteiger partial charge in [0.1, 0.15) is 0 Å². The maximum Gasteiger partial charge on any atom is 0.293 e. The molecule has 0 aliphatic heterocycles. The van der Waals surface area contributed by atoms with Crippen LogP contribution in [0.2, 0.25) is 0 Å². The van der Waals surface area contributed by atoms with E-state index < -0.39 is 5.91 Å². The van der Waals surface area contributed by atoms with Gasteiger partial charge >= 0.3 is 0 Å². The molecule has 0 saturated carbocycles. The lowest BCUT2D eigenvalue weighted by molar-refractivity contribution is 0.0949. The number of para-hydroxylation sites is 1. The van der Waals surface area contributed by atoms with Crippen LogP contribution in [0.25, 0.3) is 16.0 Å². The third kappa shape index (κ3) is 4.89. The van der Waals surface area contributed by atoms with Crippen molar-refractivity contribution in [3.63, 3.8) is 0 Å². The number of anilines is 2. The average Bonchev–Trinajstić information content (AvgIpc) is 3.60. The number of hydrogen-bond acceptors (Lipinski definition) is 12. The Kier molecular flexibility index (Phi) is 6.60. The Morgan fingerprint density at radius 3 is 2.75 bits per heavy atom. The van der Waals surface area contributed by atoms with Gasteiger partial charge < -0.3 is 10.6 Å². The second-order valence-electron chi connectivity index (χ2n) is 7.69. The molecule has 3 aromatic heterocycles. The zero-order valence-electron chi connectivity index (χ0n) is 19.2. The van der Waals surface area contributed by atoms with E-state index in [1.807, 2.05) is 67.5 Å². The Hall–Kier alpha value is -4.30. The highest BCUT2D eigenvalue weighted by molar-refractivity contribution is 8.00. The van der Waals surface area contributed by atoms with E-state index in [9.17, 15) is 4.79 Å². The molecule has 0 spiro atoms. The van der Waals surface area contributed by atoms with Gasteiger partial charge in [-0.25, -0.2) is 15.0 Å². The quantitative estimate of drug-likeness (QED) is 0.177. The number of benzene rings is 2. The lowest BCUT2D eigenvalue weighted by Crippen LogP contribution is -2.20. The van der Waals surface area contributed by atoms with Crippen molar-refractivity contribution in [1.82, 2.24) is 35.7 Å². The number of aromatic nitrogens is 6. The lowest BCUT2D eigenvalue weighted by Gasteiger charge is -2.11. The molecule has 0 fully saturated rings. The van der Waals surface area contributed by atoms with Crippen molar-refractivity contribution in [2.75, 3.05) is 24.7 Å². The summed E-state index contributed by atoms with van der Waals surface area (Å²) in [5.74, 6) is -0.0435. The fourth-order valence-electron chi connectivity index (χ4n) is 3.24. The molecule has 0 bridgehead atoms. The van der Waals surface area contributed by atoms with Gasteiger partial charge in [-0.3, -0.25) is 4.79 Å². The molecule has 1 amide bonds. The lowest BCUT2D eigenvalue weighted by atomic mass is 10.2. The number of nitrogen functional groups attached to an aromatic ring is 1. The molecule has 0 aliphatic carbocycles. The SMILES string of the molecule is CN(C)c1ccc(C=NNC(=O)c2nnn(-c3nonc3N)c2CSc2nc3ccccc3s2)cc1. The highest BCUT2D eigenvalue weighted by Crippen LogP contribution is 2.32. The zero-order chi connectivity index (χ0) is 25.1. The highest BCUT2D eigenvalue weighted by Gasteiger charge is 2.24. The van der Waals surface area contributed by atoms with Crippen LogP contribution in [0.4, 0.5) is 11.5 Å². The van der Waals surface area contributed by atoms with Gasteiger partial charge in [0, 0.05) is 25.5 Å². The Labute approximate surface area is 213 Å². The van der Waals surface area contributed by atoms with E-state index in [-0.39, 0.29) is 17.3 Å².